The highest BCUT2D eigenvalue weighted by molar-refractivity contribution is 7.22. The number of aryl methyl sites for hydroxylation is 1. The van der Waals surface area contributed by atoms with Crippen LogP contribution in [-0.2, 0) is 4.79 Å². The number of hydrogen-bond acceptors (Lipinski definition) is 6. The van der Waals surface area contributed by atoms with Crippen LogP contribution in [0.3, 0.4) is 0 Å². The van der Waals surface area contributed by atoms with E-state index in [1.807, 2.05) is 75.3 Å². The molecule has 0 N–H and O–H groups in total. The molecular weight excluding hydrogens is 422 g/mol. The van der Waals surface area contributed by atoms with Gasteiger partial charge in [0.1, 0.15) is 17.0 Å². The minimum Gasteiger partial charge on any atom is -0.492 e. The number of benzene rings is 2. The number of rotatable bonds is 9. The van der Waals surface area contributed by atoms with Crippen molar-refractivity contribution in [1.82, 2.24) is 9.88 Å². The lowest BCUT2D eigenvalue weighted by Crippen LogP contribution is -2.39. The second-order valence-corrected chi connectivity index (χ2v) is 7.94. The summed E-state index contributed by atoms with van der Waals surface area (Å²) in [6, 6.07) is 13.5. The molecule has 0 aliphatic heterocycles. The number of likely N-dealkylation sites (N-methyl/N-ethyl adjacent to an activating group) is 1. The zero-order chi connectivity index (χ0) is 20.8. The molecule has 0 aliphatic carbocycles. The predicted molar refractivity (Wildman–Crippen MR) is 126 cm³/mol. The van der Waals surface area contributed by atoms with E-state index in [1.165, 1.54) is 11.3 Å². The maximum absolute atomic E-state index is 13.0. The summed E-state index contributed by atoms with van der Waals surface area (Å²) in [7, 11) is 3.97. The molecule has 1 amide bonds. The lowest BCUT2D eigenvalue weighted by molar-refractivity contribution is -0.120. The summed E-state index contributed by atoms with van der Waals surface area (Å²) in [5.41, 5.74) is 1.79. The van der Waals surface area contributed by atoms with Crippen LogP contribution in [-0.4, -0.2) is 56.2 Å². The first-order chi connectivity index (χ1) is 14.0. The highest BCUT2D eigenvalue weighted by Crippen LogP contribution is 2.34. The van der Waals surface area contributed by atoms with Crippen molar-refractivity contribution in [2.75, 3.05) is 45.3 Å². The highest BCUT2D eigenvalue weighted by Gasteiger charge is 2.21. The summed E-state index contributed by atoms with van der Waals surface area (Å²) < 4.78 is 12.5. The number of fused-ring (bicyclic) bond motifs is 1. The third-order valence-corrected chi connectivity index (χ3v) is 5.46. The average Bonchev–Trinajstić information content (AvgIpc) is 3.12. The zero-order valence-corrected chi connectivity index (χ0v) is 19.4. The molecule has 0 unspecified atom stereocenters. The summed E-state index contributed by atoms with van der Waals surface area (Å²) in [5, 5.41) is 0.660. The van der Waals surface area contributed by atoms with Crippen LogP contribution < -0.4 is 14.4 Å². The molecule has 162 valence electrons. The van der Waals surface area contributed by atoms with Gasteiger partial charge in [0.25, 0.3) is 5.91 Å². The molecule has 0 spiro atoms. The minimum atomic E-state index is -0.118. The van der Waals surface area contributed by atoms with Crippen LogP contribution in [0.4, 0.5) is 5.13 Å². The Kier molecular flexibility index (Phi) is 8.89. The number of hydrogen-bond donors (Lipinski definition) is 0. The fourth-order valence-corrected chi connectivity index (χ4v) is 3.89. The Morgan fingerprint density at radius 1 is 1.03 bits per heavy atom. The Bertz CT molecular complexity index is 977. The fraction of sp³-hybridized carbons (Fsp3) is 0.364. The van der Waals surface area contributed by atoms with Gasteiger partial charge in [0.2, 0.25) is 0 Å². The van der Waals surface area contributed by atoms with Crippen molar-refractivity contribution in [3.8, 4) is 11.5 Å². The number of aromatic nitrogens is 1. The molecule has 6 nitrogen and oxygen atoms in total. The SMILES string of the molecule is CCOc1cccc2sc(N(CCN(C)C)C(=O)COc3ccccc3C)nc12.Cl. The quantitative estimate of drug-likeness (QED) is 0.484. The molecule has 0 fully saturated rings. The highest BCUT2D eigenvalue weighted by atomic mass is 35.5. The molecule has 8 heteroatoms. The number of halogens is 1. The molecule has 1 heterocycles. The standard InChI is InChI=1S/C22H27N3O3S.ClH/c1-5-27-18-11-8-12-19-21(18)23-22(29-19)25(14-13-24(3)4)20(26)15-28-17-10-7-6-9-16(17)2;/h6-12H,5,13-15H2,1-4H3;1H. The molecule has 3 rings (SSSR count). The normalized spacial score (nSPS) is 10.7. The third-order valence-electron chi connectivity index (χ3n) is 4.42. The Hall–Kier alpha value is -2.35. The molecule has 0 radical (unpaired) electrons. The number of anilines is 1. The van der Waals surface area contributed by atoms with Gasteiger partial charge in [-0.2, -0.15) is 0 Å². The molecule has 0 atom stereocenters. The number of carbonyl (C=O) groups is 1. The zero-order valence-electron chi connectivity index (χ0n) is 17.8. The first-order valence-corrected chi connectivity index (χ1v) is 10.5. The van der Waals surface area contributed by atoms with Crippen LogP contribution in [0.15, 0.2) is 42.5 Å². The van der Waals surface area contributed by atoms with E-state index in [0.29, 0.717) is 18.3 Å². The van der Waals surface area contributed by atoms with Gasteiger partial charge in [0, 0.05) is 13.1 Å². The average molecular weight is 450 g/mol. The van der Waals surface area contributed by atoms with Crippen LogP contribution >= 0.6 is 23.7 Å². The first kappa shape index (κ1) is 23.9. The van der Waals surface area contributed by atoms with Gasteiger partial charge in [-0.05, 0) is 51.7 Å². The number of amides is 1. The van der Waals surface area contributed by atoms with Crippen LogP contribution in [0.1, 0.15) is 12.5 Å². The third kappa shape index (κ3) is 5.84. The van der Waals surface area contributed by atoms with Crippen molar-refractivity contribution in [3.63, 3.8) is 0 Å². The maximum Gasteiger partial charge on any atom is 0.266 e. The Morgan fingerprint density at radius 2 is 1.77 bits per heavy atom. The first-order valence-electron chi connectivity index (χ1n) is 9.65. The summed E-state index contributed by atoms with van der Waals surface area (Å²) in [4.78, 5) is 21.5. The molecular formula is C22H28ClN3O3S. The summed E-state index contributed by atoms with van der Waals surface area (Å²) >= 11 is 1.49. The second kappa shape index (κ2) is 11.2. The Morgan fingerprint density at radius 3 is 2.47 bits per heavy atom. The van der Waals surface area contributed by atoms with Gasteiger partial charge in [0.05, 0.1) is 11.3 Å². The summed E-state index contributed by atoms with van der Waals surface area (Å²) in [6.07, 6.45) is 0. The lowest BCUT2D eigenvalue weighted by Gasteiger charge is -2.22. The number of para-hydroxylation sites is 2. The van der Waals surface area contributed by atoms with Gasteiger partial charge in [0.15, 0.2) is 11.7 Å². The topological polar surface area (TPSA) is 54.9 Å². The number of carbonyl (C=O) groups excluding carboxylic acids is 1. The summed E-state index contributed by atoms with van der Waals surface area (Å²) in [6.45, 7) is 5.71. The maximum atomic E-state index is 13.0. The lowest BCUT2D eigenvalue weighted by atomic mass is 10.2. The van der Waals surface area contributed by atoms with E-state index in [1.54, 1.807) is 4.90 Å². The second-order valence-electron chi connectivity index (χ2n) is 6.94. The van der Waals surface area contributed by atoms with E-state index in [0.717, 1.165) is 33.8 Å². The molecule has 0 saturated heterocycles. The van der Waals surface area contributed by atoms with Crippen LogP contribution in [0, 0.1) is 6.92 Å². The molecule has 2 aromatic carbocycles. The van der Waals surface area contributed by atoms with Crippen molar-refractivity contribution in [2.45, 2.75) is 13.8 Å². The van der Waals surface area contributed by atoms with Crippen LogP contribution in [0.25, 0.3) is 10.2 Å². The van der Waals surface area contributed by atoms with Crippen molar-refractivity contribution in [1.29, 1.82) is 0 Å². The van der Waals surface area contributed by atoms with Gasteiger partial charge >= 0.3 is 0 Å². The van der Waals surface area contributed by atoms with Crippen LogP contribution in [0.2, 0.25) is 0 Å². The van der Waals surface area contributed by atoms with Gasteiger partial charge in [-0.15, -0.1) is 12.4 Å². The van der Waals surface area contributed by atoms with Crippen LogP contribution in [0.5, 0.6) is 11.5 Å². The van der Waals surface area contributed by atoms with E-state index < -0.39 is 0 Å². The molecule has 1 aromatic heterocycles. The molecule has 0 aliphatic rings. The van der Waals surface area contributed by atoms with Gasteiger partial charge in [-0.1, -0.05) is 35.6 Å². The smallest absolute Gasteiger partial charge is 0.266 e. The predicted octanol–water partition coefficient (Wildman–Crippen LogP) is 4.40. The van der Waals surface area contributed by atoms with Crippen molar-refractivity contribution >= 4 is 45.0 Å². The number of thiazole rings is 1. The fourth-order valence-electron chi connectivity index (χ4n) is 2.86. The monoisotopic (exact) mass is 449 g/mol. The Labute approximate surface area is 187 Å². The molecule has 30 heavy (non-hydrogen) atoms. The van der Waals surface area contributed by atoms with E-state index in [-0.39, 0.29) is 24.9 Å². The van der Waals surface area contributed by atoms with E-state index in [4.69, 9.17) is 14.5 Å². The molecule has 0 saturated carbocycles. The van der Waals surface area contributed by atoms with Gasteiger partial charge in [-0.3, -0.25) is 9.69 Å². The van der Waals surface area contributed by atoms with E-state index in [9.17, 15) is 4.79 Å². The van der Waals surface area contributed by atoms with Gasteiger partial charge < -0.3 is 14.4 Å². The number of nitrogens with zero attached hydrogens (tertiary/aromatic N) is 3. The number of ether oxygens (including phenoxy) is 2. The van der Waals surface area contributed by atoms with Crippen molar-refractivity contribution < 1.29 is 14.3 Å². The van der Waals surface area contributed by atoms with E-state index >= 15 is 0 Å². The van der Waals surface area contributed by atoms with E-state index in [2.05, 4.69) is 0 Å². The minimum absolute atomic E-state index is 0. The van der Waals surface area contributed by atoms with Crippen molar-refractivity contribution in [2.24, 2.45) is 0 Å². The summed E-state index contributed by atoms with van der Waals surface area (Å²) in [5.74, 6) is 1.34. The molecule has 3 aromatic rings. The van der Waals surface area contributed by atoms with Crippen molar-refractivity contribution in [3.05, 3.63) is 48.0 Å². The Balaban J connectivity index is 0.00000320. The van der Waals surface area contributed by atoms with Gasteiger partial charge in [-0.25, -0.2) is 4.98 Å². The molecule has 0 bridgehead atoms. The largest absolute Gasteiger partial charge is 0.492 e.